The molecule has 1 heterocycles. The summed E-state index contributed by atoms with van der Waals surface area (Å²) in [7, 11) is 0. The van der Waals surface area contributed by atoms with Crippen molar-refractivity contribution >= 4 is 11.7 Å². The van der Waals surface area contributed by atoms with Gasteiger partial charge < -0.3 is 9.64 Å². The summed E-state index contributed by atoms with van der Waals surface area (Å²) in [6, 6.07) is 22.8. The molecule has 4 aromatic rings. The Bertz CT molecular complexity index is 1530. The van der Waals surface area contributed by atoms with Gasteiger partial charge in [0.15, 0.2) is 17.4 Å². The Balaban J connectivity index is 1.31. The Hall–Kier alpha value is -4.46. The smallest absolute Gasteiger partial charge is 0.227 e. The zero-order chi connectivity index (χ0) is 28.9. The number of hydrogen-bond acceptors (Lipinski definition) is 3. The predicted molar refractivity (Wildman–Crippen MR) is 145 cm³/mol. The first-order chi connectivity index (χ1) is 19.8. The molecule has 1 aliphatic rings. The van der Waals surface area contributed by atoms with Gasteiger partial charge in [-0.05, 0) is 78.4 Å². The highest BCUT2D eigenvalue weighted by molar-refractivity contribution is 5.91. The van der Waals surface area contributed by atoms with Crippen LogP contribution in [0.3, 0.4) is 0 Å². The van der Waals surface area contributed by atoms with Crippen LogP contribution >= 0.6 is 0 Å². The second kappa shape index (κ2) is 12.4. The average molecular weight is 562 g/mol. The summed E-state index contributed by atoms with van der Waals surface area (Å²) >= 11 is 0. The second-order valence-electron chi connectivity index (χ2n) is 10.2. The van der Waals surface area contributed by atoms with Crippen LogP contribution in [0.15, 0.2) is 91.0 Å². The summed E-state index contributed by atoms with van der Waals surface area (Å²) in [6.45, 7) is 0.243. The first-order valence-corrected chi connectivity index (χ1v) is 13.3. The molecule has 0 spiro atoms. The van der Waals surface area contributed by atoms with E-state index in [9.17, 15) is 27.2 Å². The van der Waals surface area contributed by atoms with Crippen molar-refractivity contribution in [3.63, 3.8) is 0 Å². The van der Waals surface area contributed by atoms with Crippen molar-refractivity contribution in [3.8, 4) is 11.5 Å². The standard InChI is InChI=1S/C33H27F4NO3/c34-24-8-12-26(13-9-24)41-25-10-6-22(7-11-25)18-31(39)30-17-23(16-21-4-2-1-3-5-21)20-38(30)32(40)19-27-28(35)14-15-29(36)33(27)37/h1-15,23,30H,16-20H2/t23-,30+/m1/s1. The van der Waals surface area contributed by atoms with Gasteiger partial charge in [0.05, 0.1) is 12.5 Å². The highest BCUT2D eigenvalue weighted by Crippen LogP contribution is 2.30. The van der Waals surface area contributed by atoms with E-state index in [0.29, 0.717) is 36.0 Å². The van der Waals surface area contributed by atoms with E-state index in [1.807, 2.05) is 30.3 Å². The number of benzene rings is 4. The summed E-state index contributed by atoms with van der Waals surface area (Å²) in [6.07, 6.45) is 0.380. The lowest BCUT2D eigenvalue weighted by Gasteiger charge is -2.24. The minimum atomic E-state index is -1.40. The number of Topliss-reactive ketones (excluding diaryl/α,β-unsaturated/α-hetero) is 1. The molecule has 41 heavy (non-hydrogen) atoms. The molecule has 0 aliphatic carbocycles. The Kier molecular flexibility index (Phi) is 8.47. The van der Waals surface area contributed by atoms with Gasteiger partial charge in [-0.3, -0.25) is 9.59 Å². The van der Waals surface area contributed by atoms with E-state index in [0.717, 1.165) is 11.6 Å². The van der Waals surface area contributed by atoms with E-state index in [2.05, 4.69) is 0 Å². The number of halogens is 4. The Labute approximate surface area is 235 Å². The second-order valence-corrected chi connectivity index (χ2v) is 10.2. The highest BCUT2D eigenvalue weighted by atomic mass is 19.2. The van der Waals surface area contributed by atoms with E-state index >= 15 is 0 Å². The molecule has 210 valence electrons. The zero-order valence-corrected chi connectivity index (χ0v) is 22.0. The van der Waals surface area contributed by atoms with Gasteiger partial charge in [-0.1, -0.05) is 42.5 Å². The third-order valence-electron chi connectivity index (χ3n) is 7.26. The maximum atomic E-state index is 14.3. The fourth-order valence-electron chi connectivity index (χ4n) is 5.22. The van der Waals surface area contributed by atoms with Gasteiger partial charge in [0.25, 0.3) is 0 Å². The fraction of sp³-hybridized carbons (Fsp3) is 0.212. The SMILES string of the molecule is O=C(Cc1ccc(Oc2ccc(F)cc2)cc1)[C@@H]1C[C@@H](Cc2ccccc2)CN1C(=O)Cc1c(F)ccc(F)c1F. The van der Waals surface area contributed by atoms with Crippen molar-refractivity contribution in [2.75, 3.05) is 6.54 Å². The van der Waals surface area contributed by atoms with Crippen molar-refractivity contribution in [1.82, 2.24) is 4.90 Å². The fourth-order valence-corrected chi connectivity index (χ4v) is 5.22. The number of ether oxygens (including phenoxy) is 1. The molecule has 0 unspecified atom stereocenters. The summed E-state index contributed by atoms with van der Waals surface area (Å²) in [5.41, 5.74) is 1.10. The largest absolute Gasteiger partial charge is 0.457 e. The lowest BCUT2D eigenvalue weighted by Crippen LogP contribution is -2.42. The van der Waals surface area contributed by atoms with E-state index in [4.69, 9.17) is 4.74 Å². The minimum Gasteiger partial charge on any atom is -0.457 e. The number of amides is 1. The van der Waals surface area contributed by atoms with E-state index in [1.54, 1.807) is 24.3 Å². The molecule has 0 radical (unpaired) electrons. The Morgan fingerprint density at radius 3 is 2.05 bits per heavy atom. The van der Waals surface area contributed by atoms with Crippen molar-refractivity contribution < 1.29 is 31.9 Å². The molecule has 4 aromatic carbocycles. The molecule has 0 saturated carbocycles. The van der Waals surface area contributed by atoms with Crippen LogP contribution in [0.2, 0.25) is 0 Å². The summed E-state index contributed by atoms with van der Waals surface area (Å²) in [4.78, 5) is 28.2. The van der Waals surface area contributed by atoms with Gasteiger partial charge >= 0.3 is 0 Å². The van der Waals surface area contributed by atoms with Crippen LogP contribution < -0.4 is 4.74 Å². The molecular formula is C33H27F4NO3. The Morgan fingerprint density at radius 2 is 1.37 bits per heavy atom. The third kappa shape index (κ3) is 6.82. The van der Waals surface area contributed by atoms with Crippen LogP contribution in [0.25, 0.3) is 0 Å². The van der Waals surface area contributed by atoms with Crippen LogP contribution in [-0.4, -0.2) is 29.2 Å². The molecule has 0 bridgehead atoms. The number of likely N-dealkylation sites (tertiary alicyclic amines) is 1. The van der Waals surface area contributed by atoms with Gasteiger partial charge in [0.1, 0.15) is 23.1 Å². The summed E-state index contributed by atoms with van der Waals surface area (Å²) < 4.78 is 61.2. The van der Waals surface area contributed by atoms with E-state index < -0.39 is 41.4 Å². The molecule has 1 aliphatic heterocycles. The van der Waals surface area contributed by atoms with Gasteiger partial charge in [0.2, 0.25) is 5.91 Å². The molecule has 4 nitrogen and oxygen atoms in total. The number of rotatable bonds is 9. The van der Waals surface area contributed by atoms with Crippen LogP contribution in [0.1, 0.15) is 23.1 Å². The molecule has 1 amide bonds. The minimum absolute atomic E-state index is 0.0337. The van der Waals surface area contributed by atoms with E-state index in [-0.39, 0.29) is 30.5 Å². The third-order valence-corrected chi connectivity index (χ3v) is 7.26. The van der Waals surface area contributed by atoms with Crippen LogP contribution in [0, 0.1) is 29.2 Å². The van der Waals surface area contributed by atoms with Gasteiger partial charge in [-0.2, -0.15) is 0 Å². The summed E-state index contributed by atoms with van der Waals surface area (Å²) in [5.74, 6) is -3.93. The number of hydrogen-bond donors (Lipinski definition) is 0. The van der Waals surface area contributed by atoms with Crippen molar-refractivity contribution in [2.45, 2.75) is 31.7 Å². The van der Waals surface area contributed by atoms with Crippen LogP contribution in [-0.2, 0) is 28.9 Å². The number of nitrogens with zero attached hydrogens (tertiary/aromatic N) is 1. The van der Waals surface area contributed by atoms with Crippen LogP contribution in [0.5, 0.6) is 11.5 Å². The molecule has 1 saturated heterocycles. The Morgan fingerprint density at radius 1 is 0.732 bits per heavy atom. The van der Waals surface area contributed by atoms with Crippen molar-refractivity contribution in [3.05, 3.63) is 131 Å². The molecular weight excluding hydrogens is 534 g/mol. The molecule has 8 heteroatoms. The first kappa shape index (κ1) is 28.1. The zero-order valence-electron chi connectivity index (χ0n) is 22.0. The first-order valence-electron chi connectivity index (χ1n) is 13.3. The van der Waals surface area contributed by atoms with E-state index in [1.165, 1.54) is 29.2 Å². The number of carbonyl (C=O) groups excluding carboxylic acids is 2. The molecule has 0 aromatic heterocycles. The van der Waals surface area contributed by atoms with Crippen molar-refractivity contribution in [2.24, 2.45) is 5.92 Å². The van der Waals surface area contributed by atoms with Crippen molar-refractivity contribution in [1.29, 1.82) is 0 Å². The van der Waals surface area contributed by atoms with Gasteiger partial charge in [-0.25, -0.2) is 17.6 Å². The topological polar surface area (TPSA) is 46.6 Å². The lowest BCUT2D eigenvalue weighted by atomic mass is 9.94. The van der Waals surface area contributed by atoms with Gasteiger partial charge in [-0.15, -0.1) is 0 Å². The maximum Gasteiger partial charge on any atom is 0.227 e. The maximum absolute atomic E-state index is 14.3. The number of carbonyl (C=O) groups is 2. The molecule has 5 rings (SSSR count). The molecule has 2 atom stereocenters. The van der Waals surface area contributed by atoms with Crippen LogP contribution in [0.4, 0.5) is 17.6 Å². The summed E-state index contributed by atoms with van der Waals surface area (Å²) in [5, 5.41) is 0. The average Bonchev–Trinajstić information content (AvgIpc) is 3.40. The molecule has 0 N–H and O–H groups in total. The number of ketones is 1. The lowest BCUT2D eigenvalue weighted by molar-refractivity contribution is -0.137. The quantitative estimate of drug-likeness (QED) is 0.166. The highest BCUT2D eigenvalue weighted by Gasteiger charge is 2.39. The van der Waals surface area contributed by atoms with Gasteiger partial charge in [0, 0.05) is 18.5 Å². The monoisotopic (exact) mass is 561 g/mol. The molecule has 1 fully saturated rings. The predicted octanol–water partition coefficient (Wildman–Crippen LogP) is 6.85. The normalized spacial score (nSPS) is 16.5.